The molecule has 0 fully saturated rings. The molecule has 4 heteroatoms. The average Bonchev–Trinajstić information content (AvgIpc) is 2.65. The van der Waals surface area contributed by atoms with Crippen molar-refractivity contribution in [3.05, 3.63) is 47.5 Å². The van der Waals surface area contributed by atoms with Crippen LogP contribution in [-0.2, 0) is 0 Å². The lowest BCUT2D eigenvalue weighted by Crippen LogP contribution is -2.09. The summed E-state index contributed by atoms with van der Waals surface area (Å²) in [6.45, 7) is 9.81. The maximum atomic E-state index is 5.88. The van der Waals surface area contributed by atoms with E-state index in [1.165, 1.54) is 33.8 Å². The molecule has 2 nitrogen and oxygen atoms in total. The van der Waals surface area contributed by atoms with Crippen LogP contribution >= 0.6 is 23.5 Å². The molecule has 0 aromatic heterocycles. The molecule has 0 aliphatic carbocycles. The van der Waals surface area contributed by atoms with Gasteiger partial charge in [-0.25, -0.2) is 0 Å². The van der Waals surface area contributed by atoms with E-state index in [-0.39, 0.29) is 0 Å². The second kappa shape index (κ2) is 11.5. The van der Waals surface area contributed by atoms with Gasteiger partial charge in [-0.2, -0.15) is 0 Å². The fourth-order valence-corrected chi connectivity index (χ4v) is 4.23. The molecule has 0 aliphatic heterocycles. The van der Waals surface area contributed by atoms with Gasteiger partial charge in [-0.1, -0.05) is 26.0 Å². The van der Waals surface area contributed by atoms with E-state index < -0.39 is 0 Å². The van der Waals surface area contributed by atoms with Crippen LogP contribution in [0.15, 0.2) is 46.2 Å². The van der Waals surface area contributed by atoms with Gasteiger partial charge in [-0.05, 0) is 73.6 Å². The summed E-state index contributed by atoms with van der Waals surface area (Å²) in [6.07, 6.45) is 2.36. The topological polar surface area (TPSA) is 18.5 Å². The van der Waals surface area contributed by atoms with E-state index in [0.717, 1.165) is 23.0 Å². The molecule has 2 rings (SSSR count). The minimum absolute atomic E-state index is 0.548. The summed E-state index contributed by atoms with van der Waals surface area (Å²) in [5.41, 5.74) is 2.62. The minimum Gasteiger partial charge on any atom is -0.490 e. The second-order valence-corrected chi connectivity index (χ2v) is 8.52. The first-order chi connectivity index (χ1) is 12.6. The van der Waals surface area contributed by atoms with Crippen molar-refractivity contribution in [2.75, 3.05) is 24.7 Å². The largest absolute Gasteiger partial charge is 0.490 e. The monoisotopic (exact) mass is 390 g/mol. The van der Waals surface area contributed by atoms with E-state index in [1.807, 2.05) is 35.7 Å². The number of benzene rings is 2. The zero-order valence-electron chi connectivity index (χ0n) is 16.3. The van der Waals surface area contributed by atoms with E-state index in [9.17, 15) is 0 Å². The molecule has 2 aromatic carbocycles. The Balaban J connectivity index is 1.83. The summed E-state index contributed by atoms with van der Waals surface area (Å²) in [5, 5.41) is 0. The van der Waals surface area contributed by atoms with Gasteiger partial charge in [-0.3, -0.25) is 0 Å². The molecule has 0 unspecified atom stereocenters. The van der Waals surface area contributed by atoms with Crippen LogP contribution in [0, 0.1) is 13.8 Å². The zero-order valence-corrected chi connectivity index (χ0v) is 18.0. The number of hydrogen-bond acceptors (Lipinski definition) is 4. The molecule has 26 heavy (non-hydrogen) atoms. The van der Waals surface area contributed by atoms with Crippen molar-refractivity contribution in [2.24, 2.45) is 0 Å². The Labute approximate surface area is 167 Å². The summed E-state index contributed by atoms with van der Waals surface area (Å²) >= 11 is 3.79. The van der Waals surface area contributed by atoms with Crippen LogP contribution in [0.1, 0.15) is 37.8 Å². The van der Waals surface area contributed by atoms with Crippen LogP contribution in [-0.4, -0.2) is 24.7 Å². The predicted octanol–water partition coefficient (Wildman–Crippen LogP) is 6.77. The third-order valence-corrected chi connectivity index (χ3v) is 6.59. The molecule has 142 valence electrons. The highest BCUT2D eigenvalue weighted by molar-refractivity contribution is 7.99. The normalized spacial score (nSPS) is 10.8. The first-order valence-electron chi connectivity index (χ1n) is 9.36. The third-order valence-electron chi connectivity index (χ3n) is 3.86. The van der Waals surface area contributed by atoms with Gasteiger partial charge in [0, 0.05) is 9.79 Å². The standard InChI is InChI=1S/C22H30O2S2/c1-5-13-25-21-15-19(9-7-17(21)3)23-11-12-24-20-10-8-18(4)22(16-20)26-14-6-2/h7-10,15-16H,5-6,11-14H2,1-4H3. The molecule has 0 bridgehead atoms. The first-order valence-corrected chi connectivity index (χ1v) is 11.3. The molecule has 0 N–H and O–H groups in total. The maximum absolute atomic E-state index is 5.88. The molecule has 0 saturated heterocycles. The summed E-state index contributed by atoms with van der Waals surface area (Å²) in [6, 6.07) is 12.6. The average molecular weight is 391 g/mol. The lowest BCUT2D eigenvalue weighted by atomic mass is 10.2. The Kier molecular flexibility index (Phi) is 9.27. The Morgan fingerprint density at radius 2 is 1.12 bits per heavy atom. The van der Waals surface area contributed by atoms with Crippen molar-refractivity contribution in [1.82, 2.24) is 0 Å². The Morgan fingerprint density at radius 3 is 1.50 bits per heavy atom. The first kappa shape index (κ1) is 21.0. The number of aryl methyl sites for hydroxylation is 2. The fourth-order valence-electron chi connectivity index (χ4n) is 2.39. The predicted molar refractivity (Wildman–Crippen MR) is 115 cm³/mol. The SMILES string of the molecule is CCCSc1cc(OCCOc2ccc(C)c(SCCC)c2)ccc1C. The van der Waals surface area contributed by atoms with Crippen LogP contribution in [0.4, 0.5) is 0 Å². The molecule has 0 amide bonds. The van der Waals surface area contributed by atoms with Crippen molar-refractivity contribution in [3.8, 4) is 11.5 Å². The Hall–Kier alpha value is -1.26. The minimum atomic E-state index is 0.548. The van der Waals surface area contributed by atoms with E-state index in [1.54, 1.807) is 0 Å². The van der Waals surface area contributed by atoms with Crippen molar-refractivity contribution in [1.29, 1.82) is 0 Å². The quantitative estimate of drug-likeness (QED) is 0.311. The summed E-state index contributed by atoms with van der Waals surface area (Å²) in [4.78, 5) is 2.61. The van der Waals surface area contributed by atoms with Crippen LogP contribution < -0.4 is 9.47 Å². The van der Waals surface area contributed by atoms with E-state index in [4.69, 9.17) is 9.47 Å². The second-order valence-electron chi connectivity index (χ2n) is 6.25. The summed E-state index contributed by atoms with van der Waals surface area (Å²) < 4.78 is 11.8. The highest BCUT2D eigenvalue weighted by atomic mass is 32.2. The lowest BCUT2D eigenvalue weighted by molar-refractivity contribution is 0.216. The molecule has 2 aromatic rings. The van der Waals surface area contributed by atoms with Gasteiger partial charge in [-0.15, -0.1) is 23.5 Å². The van der Waals surface area contributed by atoms with Gasteiger partial charge in [0.15, 0.2) is 0 Å². The molecule has 0 atom stereocenters. The van der Waals surface area contributed by atoms with E-state index in [0.29, 0.717) is 13.2 Å². The molecule has 0 heterocycles. The summed E-state index contributed by atoms with van der Waals surface area (Å²) in [7, 11) is 0. The third kappa shape index (κ3) is 6.81. The number of thioether (sulfide) groups is 2. The molecular formula is C22H30O2S2. The van der Waals surface area contributed by atoms with Crippen LogP contribution in [0.5, 0.6) is 11.5 Å². The number of rotatable bonds is 11. The molecule has 0 saturated carbocycles. The lowest BCUT2D eigenvalue weighted by Gasteiger charge is -2.12. The smallest absolute Gasteiger partial charge is 0.122 e. The van der Waals surface area contributed by atoms with E-state index in [2.05, 4.69) is 52.0 Å². The molecule has 0 radical (unpaired) electrons. The molecule has 0 spiro atoms. The van der Waals surface area contributed by atoms with Gasteiger partial charge in [0.2, 0.25) is 0 Å². The van der Waals surface area contributed by atoms with E-state index >= 15 is 0 Å². The van der Waals surface area contributed by atoms with Gasteiger partial charge >= 0.3 is 0 Å². The number of hydrogen-bond donors (Lipinski definition) is 0. The van der Waals surface area contributed by atoms with Gasteiger partial charge < -0.3 is 9.47 Å². The van der Waals surface area contributed by atoms with Gasteiger partial charge in [0.25, 0.3) is 0 Å². The van der Waals surface area contributed by atoms with Crippen molar-refractivity contribution >= 4 is 23.5 Å². The summed E-state index contributed by atoms with van der Waals surface area (Å²) in [5.74, 6) is 4.11. The van der Waals surface area contributed by atoms with Crippen LogP contribution in [0.2, 0.25) is 0 Å². The van der Waals surface area contributed by atoms with Gasteiger partial charge in [0.05, 0.1) is 0 Å². The Morgan fingerprint density at radius 1 is 0.692 bits per heavy atom. The fraction of sp³-hybridized carbons (Fsp3) is 0.455. The van der Waals surface area contributed by atoms with Crippen LogP contribution in [0.25, 0.3) is 0 Å². The zero-order chi connectivity index (χ0) is 18.8. The maximum Gasteiger partial charge on any atom is 0.122 e. The van der Waals surface area contributed by atoms with Crippen LogP contribution in [0.3, 0.4) is 0 Å². The van der Waals surface area contributed by atoms with Crippen molar-refractivity contribution in [3.63, 3.8) is 0 Å². The Bertz CT molecular complexity index is 626. The highest BCUT2D eigenvalue weighted by Gasteiger charge is 2.04. The van der Waals surface area contributed by atoms with Gasteiger partial charge in [0.1, 0.15) is 24.7 Å². The van der Waals surface area contributed by atoms with Crippen molar-refractivity contribution < 1.29 is 9.47 Å². The number of ether oxygens (including phenoxy) is 2. The van der Waals surface area contributed by atoms with Crippen molar-refractivity contribution in [2.45, 2.75) is 50.3 Å². The molecule has 0 aliphatic rings. The molecular weight excluding hydrogens is 360 g/mol. The highest BCUT2D eigenvalue weighted by Crippen LogP contribution is 2.28.